The van der Waals surface area contributed by atoms with Crippen molar-refractivity contribution >= 4 is 28.9 Å². The normalized spacial score (nSPS) is 10.9. The number of hydrogen-bond donors (Lipinski definition) is 0. The highest BCUT2D eigenvalue weighted by Crippen LogP contribution is 2.38. The summed E-state index contributed by atoms with van der Waals surface area (Å²) in [6.45, 7) is 0. The van der Waals surface area contributed by atoms with E-state index in [0.717, 1.165) is 12.1 Å². The van der Waals surface area contributed by atoms with Gasteiger partial charge in [-0.1, -0.05) is 23.2 Å². The first kappa shape index (κ1) is 11.9. The highest BCUT2D eigenvalue weighted by atomic mass is 35.5. The van der Waals surface area contributed by atoms with Crippen LogP contribution in [0.4, 0.5) is 18.9 Å². The minimum atomic E-state index is -4.83. The molecule has 0 fully saturated rings. The van der Waals surface area contributed by atoms with E-state index in [1.54, 1.807) is 0 Å². The van der Waals surface area contributed by atoms with Gasteiger partial charge in [0.05, 0.1) is 0 Å². The number of ether oxygens (including phenoxy) is 1. The van der Waals surface area contributed by atoms with Gasteiger partial charge in [0.2, 0.25) is 5.39 Å². The smallest absolute Gasteiger partial charge is 0.406 e. The van der Waals surface area contributed by atoms with Crippen molar-refractivity contribution in [1.82, 2.24) is 0 Å². The molecule has 0 amide bonds. The first-order valence-electron chi connectivity index (χ1n) is 3.43. The van der Waals surface area contributed by atoms with Gasteiger partial charge in [0.25, 0.3) is 0 Å². The number of diazo groups is 1. The fourth-order valence-electron chi connectivity index (χ4n) is 0.830. The fraction of sp³-hybridized carbons (Fsp3) is 0.143. The topological polar surface area (TPSA) is 37.4 Å². The third kappa shape index (κ3) is 3.15. The molecule has 0 spiro atoms. The predicted molar refractivity (Wildman–Crippen MR) is 47.9 cm³/mol. The summed E-state index contributed by atoms with van der Waals surface area (Å²) in [6, 6.07) is 1.69. The number of halogens is 5. The maximum atomic E-state index is 11.8. The largest absolute Gasteiger partial charge is 0.573 e. The summed E-state index contributed by atoms with van der Waals surface area (Å²) in [6.07, 6.45) is -4.83. The zero-order valence-electron chi connectivity index (χ0n) is 6.85. The lowest BCUT2D eigenvalue weighted by molar-refractivity contribution is -0.274. The van der Waals surface area contributed by atoms with Crippen LogP contribution in [0.5, 0.6) is 5.75 Å². The summed E-state index contributed by atoms with van der Waals surface area (Å²) in [5.41, 5.74) is -0.215. The summed E-state index contributed by atoms with van der Waals surface area (Å²) in [5.74, 6) is -0.579. The summed E-state index contributed by atoms with van der Waals surface area (Å²) >= 11 is 11.0. The van der Waals surface area contributed by atoms with Gasteiger partial charge in [-0.3, -0.25) is 0 Å². The predicted octanol–water partition coefficient (Wildman–Crippen LogP) is 4.38. The highest BCUT2D eigenvalue weighted by Gasteiger charge is 2.32. The van der Waals surface area contributed by atoms with Gasteiger partial charge >= 0.3 is 12.0 Å². The maximum absolute atomic E-state index is 11.8. The molecule has 0 aromatic heterocycles. The van der Waals surface area contributed by atoms with Crippen LogP contribution in [0, 0.1) is 5.39 Å². The Morgan fingerprint density at radius 3 is 2.00 bits per heavy atom. The zero-order chi connectivity index (χ0) is 11.6. The van der Waals surface area contributed by atoms with Gasteiger partial charge in [-0.15, -0.1) is 13.2 Å². The van der Waals surface area contributed by atoms with Gasteiger partial charge < -0.3 is 4.74 Å². The number of nitrogens with zero attached hydrogens (tertiary/aromatic N) is 2. The molecule has 3 nitrogen and oxygen atoms in total. The number of alkyl halides is 3. The molecule has 0 bridgehead atoms. The molecule has 0 atom stereocenters. The van der Waals surface area contributed by atoms with Crippen LogP contribution in [-0.4, -0.2) is 6.36 Å². The monoisotopic (exact) mass is 257 g/mol. The van der Waals surface area contributed by atoms with E-state index in [2.05, 4.69) is 9.71 Å². The standard InChI is InChI=1S/C7H2Cl2F3N2O/c8-4-1-3(15-7(10,11)12)2-5(9)6(4)14-13/h1-2H/q+1. The fourth-order valence-corrected chi connectivity index (χ4v) is 1.37. The Morgan fingerprint density at radius 2 is 1.67 bits per heavy atom. The molecule has 1 rings (SSSR count). The minimum absolute atomic E-state index is 0.215. The molecule has 80 valence electrons. The molecule has 0 N–H and O–H groups in total. The van der Waals surface area contributed by atoms with Crippen LogP contribution in [0.2, 0.25) is 10.0 Å². The van der Waals surface area contributed by atoms with Gasteiger partial charge in [-0.05, 0) is 0 Å². The summed E-state index contributed by atoms with van der Waals surface area (Å²) in [4.78, 5) is 2.71. The van der Waals surface area contributed by atoms with Crippen LogP contribution in [-0.2, 0) is 0 Å². The van der Waals surface area contributed by atoms with E-state index in [4.69, 9.17) is 28.6 Å². The lowest BCUT2D eigenvalue weighted by atomic mass is 10.3. The van der Waals surface area contributed by atoms with E-state index in [1.807, 2.05) is 0 Å². The maximum Gasteiger partial charge on any atom is 0.573 e. The van der Waals surface area contributed by atoms with Gasteiger partial charge in [0.15, 0.2) is 4.98 Å². The molecule has 0 aliphatic heterocycles. The third-order valence-corrected chi connectivity index (χ3v) is 1.90. The average molecular weight is 258 g/mol. The highest BCUT2D eigenvalue weighted by molar-refractivity contribution is 6.39. The average Bonchev–Trinajstić information content (AvgIpc) is 1.99. The van der Waals surface area contributed by atoms with Crippen LogP contribution in [0.15, 0.2) is 12.1 Å². The molecule has 0 saturated carbocycles. The lowest BCUT2D eigenvalue weighted by Crippen LogP contribution is -2.17. The second-order valence-corrected chi connectivity index (χ2v) is 3.20. The Bertz CT molecular complexity index is 404. The SMILES string of the molecule is N#[N+]c1c(Cl)cc(OC(F)(F)F)cc1Cl. The van der Waals surface area contributed by atoms with Crippen LogP contribution >= 0.6 is 23.2 Å². The van der Waals surface area contributed by atoms with Crippen molar-refractivity contribution in [3.8, 4) is 5.75 Å². The van der Waals surface area contributed by atoms with E-state index in [9.17, 15) is 13.2 Å². The summed E-state index contributed by atoms with van der Waals surface area (Å²) < 4.78 is 39.0. The quantitative estimate of drug-likeness (QED) is 0.701. The van der Waals surface area contributed by atoms with Crippen molar-refractivity contribution in [1.29, 1.82) is 5.39 Å². The van der Waals surface area contributed by atoms with E-state index in [0.29, 0.717) is 0 Å². The first-order chi connectivity index (χ1) is 6.83. The van der Waals surface area contributed by atoms with Gasteiger partial charge in [0.1, 0.15) is 15.8 Å². The van der Waals surface area contributed by atoms with E-state index >= 15 is 0 Å². The van der Waals surface area contributed by atoms with Crippen molar-refractivity contribution in [3.63, 3.8) is 0 Å². The molecule has 15 heavy (non-hydrogen) atoms. The van der Waals surface area contributed by atoms with Crippen molar-refractivity contribution in [3.05, 3.63) is 27.2 Å². The first-order valence-corrected chi connectivity index (χ1v) is 4.19. The Hall–Kier alpha value is -1.19. The number of rotatable bonds is 1. The Labute approximate surface area is 92.0 Å². The second-order valence-electron chi connectivity index (χ2n) is 2.38. The summed E-state index contributed by atoms with van der Waals surface area (Å²) in [5, 5.41) is 7.92. The van der Waals surface area contributed by atoms with E-state index in [-0.39, 0.29) is 15.7 Å². The van der Waals surface area contributed by atoms with E-state index < -0.39 is 12.1 Å². The Balaban J connectivity index is 3.11. The van der Waals surface area contributed by atoms with Crippen molar-refractivity contribution < 1.29 is 17.9 Å². The molecule has 0 saturated heterocycles. The van der Waals surface area contributed by atoms with Crippen molar-refractivity contribution in [2.75, 3.05) is 0 Å². The molecule has 0 radical (unpaired) electrons. The zero-order valence-corrected chi connectivity index (χ0v) is 8.36. The van der Waals surface area contributed by atoms with Crippen molar-refractivity contribution in [2.24, 2.45) is 0 Å². The Kier molecular flexibility index (Phi) is 3.27. The van der Waals surface area contributed by atoms with Crippen LogP contribution in [0.3, 0.4) is 0 Å². The van der Waals surface area contributed by atoms with E-state index in [1.165, 1.54) is 0 Å². The molecule has 1 aromatic rings. The third-order valence-electron chi connectivity index (χ3n) is 1.32. The van der Waals surface area contributed by atoms with Gasteiger partial charge in [-0.2, -0.15) is 0 Å². The molecule has 0 aliphatic carbocycles. The second kappa shape index (κ2) is 4.13. The van der Waals surface area contributed by atoms with Gasteiger partial charge in [0, 0.05) is 12.1 Å². The van der Waals surface area contributed by atoms with Crippen molar-refractivity contribution in [2.45, 2.75) is 6.36 Å². The van der Waals surface area contributed by atoms with Crippen LogP contribution in [0.25, 0.3) is 4.98 Å². The molecular weight excluding hydrogens is 256 g/mol. The van der Waals surface area contributed by atoms with Crippen LogP contribution in [0.1, 0.15) is 0 Å². The molecule has 0 unspecified atom stereocenters. The molecular formula is C7H2Cl2F3N2O+. The minimum Gasteiger partial charge on any atom is -0.406 e. The molecule has 8 heteroatoms. The summed E-state index contributed by atoms with van der Waals surface area (Å²) in [7, 11) is 0. The Morgan fingerprint density at radius 1 is 1.20 bits per heavy atom. The lowest BCUT2D eigenvalue weighted by Gasteiger charge is -2.08. The molecule has 0 heterocycles. The number of benzene rings is 1. The van der Waals surface area contributed by atoms with Crippen LogP contribution < -0.4 is 4.74 Å². The number of hydrogen-bond acceptors (Lipinski definition) is 2. The van der Waals surface area contributed by atoms with Gasteiger partial charge in [-0.25, -0.2) is 0 Å². The molecule has 0 aliphatic rings. The molecule has 1 aromatic carbocycles.